The average Bonchev–Trinajstić information content (AvgIpc) is 2.68. The quantitative estimate of drug-likeness (QED) is 0.802. The van der Waals surface area contributed by atoms with Crippen LogP contribution in [0.15, 0.2) is 0 Å². The highest BCUT2D eigenvalue weighted by Crippen LogP contribution is 2.35. The van der Waals surface area contributed by atoms with Crippen molar-refractivity contribution < 1.29 is 4.74 Å². The summed E-state index contributed by atoms with van der Waals surface area (Å²) in [5.41, 5.74) is 0. The van der Waals surface area contributed by atoms with Gasteiger partial charge in [-0.3, -0.25) is 9.80 Å². The van der Waals surface area contributed by atoms with Crippen molar-refractivity contribution >= 4 is 0 Å². The van der Waals surface area contributed by atoms with E-state index >= 15 is 0 Å². The minimum absolute atomic E-state index is 0.780. The number of morpholine rings is 1. The van der Waals surface area contributed by atoms with E-state index < -0.39 is 0 Å². The van der Waals surface area contributed by atoms with Gasteiger partial charge in [0.1, 0.15) is 0 Å². The smallest absolute Gasteiger partial charge is 0.0594 e. The molecule has 0 aromatic carbocycles. The van der Waals surface area contributed by atoms with Crippen LogP contribution in [-0.2, 0) is 4.74 Å². The standard InChI is InChI=1S/C15H29N3O/c1-2-16-13-11-14-3-4-15(12-13)18(14)6-5-17-7-9-19-10-8-17/h13-16H,2-12H2,1H3. The highest BCUT2D eigenvalue weighted by molar-refractivity contribution is 4.97. The van der Waals surface area contributed by atoms with Crippen LogP contribution in [0.5, 0.6) is 0 Å². The lowest BCUT2D eigenvalue weighted by Crippen LogP contribution is -2.51. The molecule has 4 heteroatoms. The van der Waals surface area contributed by atoms with Gasteiger partial charge >= 0.3 is 0 Å². The van der Waals surface area contributed by atoms with E-state index in [1.165, 1.54) is 38.8 Å². The van der Waals surface area contributed by atoms with Gasteiger partial charge in [0.05, 0.1) is 13.2 Å². The molecule has 3 rings (SSSR count). The Kier molecular flexibility index (Phi) is 4.74. The van der Waals surface area contributed by atoms with Crippen molar-refractivity contribution in [3.63, 3.8) is 0 Å². The zero-order chi connectivity index (χ0) is 13.1. The van der Waals surface area contributed by atoms with Crippen molar-refractivity contribution in [1.82, 2.24) is 15.1 Å². The highest BCUT2D eigenvalue weighted by atomic mass is 16.5. The molecule has 2 bridgehead atoms. The summed E-state index contributed by atoms with van der Waals surface area (Å²) in [4.78, 5) is 5.38. The molecule has 0 saturated carbocycles. The fourth-order valence-corrected chi connectivity index (χ4v) is 4.18. The molecule has 3 fully saturated rings. The summed E-state index contributed by atoms with van der Waals surface area (Å²) in [6, 6.07) is 2.48. The van der Waals surface area contributed by atoms with Crippen LogP contribution >= 0.6 is 0 Å². The summed E-state index contributed by atoms with van der Waals surface area (Å²) in [6.45, 7) is 9.97. The molecule has 4 nitrogen and oxygen atoms in total. The van der Waals surface area contributed by atoms with E-state index in [0.717, 1.165) is 51.0 Å². The zero-order valence-corrected chi connectivity index (χ0v) is 12.3. The number of nitrogens with zero attached hydrogens (tertiary/aromatic N) is 2. The fourth-order valence-electron chi connectivity index (χ4n) is 4.18. The first-order chi connectivity index (χ1) is 9.36. The zero-order valence-electron chi connectivity index (χ0n) is 12.3. The maximum Gasteiger partial charge on any atom is 0.0594 e. The van der Waals surface area contributed by atoms with Gasteiger partial charge in [-0.05, 0) is 32.2 Å². The molecular weight excluding hydrogens is 238 g/mol. The normalized spacial score (nSPS) is 36.8. The van der Waals surface area contributed by atoms with Crippen molar-refractivity contribution in [3.05, 3.63) is 0 Å². The third-order valence-corrected chi connectivity index (χ3v) is 5.16. The number of rotatable bonds is 5. The van der Waals surface area contributed by atoms with E-state index in [2.05, 4.69) is 22.0 Å². The van der Waals surface area contributed by atoms with E-state index in [1.807, 2.05) is 0 Å². The molecule has 2 unspecified atom stereocenters. The second-order valence-corrected chi connectivity index (χ2v) is 6.30. The lowest BCUT2D eigenvalue weighted by atomic mass is 9.97. The van der Waals surface area contributed by atoms with Crippen LogP contribution in [0.1, 0.15) is 32.6 Å². The van der Waals surface area contributed by atoms with E-state index in [9.17, 15) is 0 Å². The van der Waals surface area contributed by atoms with Gasteiger partial charge in [0.25, 0.3) is 0 Å². The summed E-state index contributed by atoms with van der Waals surface area (Å²) in [6.07, 6.45) is 5.59. The Morgan fingerprint density at radius 2 is 1.74 bits per heavy atom. The van der Waals surface area contributed by atoms with Gasteiger partial charge < -0.3 is 10.1 Å². The van der Waals surface area contributed by atoms with Crippen molar-refractivity contribution in [2.45, 2.75) is 50.7 Å². The van der Waals surface area contributed by atoms with E-state index in [-0.39, 0.29) is 0 Å². The van der Waals surface area contributed by atoms with E-state index in [1.54, 1.807) is 0 Å². The number of hydrogen-bond acceptors (Lipinski definition) is 4. The number of nitrogens with one attached hydrogen (secondary N) is 1. The topological polar surface area (TPSA) is 27.7 Å². The van der Waals surface area contributed by atoms with Crippen LogP contribution in [0.4, 0.5) is 0 Å². The molecular formula is C15H29N3O. The Morgan fingerprint density at radius 1 is 1.05 bits per heavy atom. The fraction of sp³-hybridized carbons (Fsp3) is 1.00. The number of piperidine rings is 1. The largest absolute Gasteiger partial charge is 0.379 e. The van der Waals surface area contributed by atoms with E-state index in [0.29, 0.717) is 0 Å². The minimum Gasteiger partial charge on any atom is -0.379 e. The summed E-state index contributed by atoms with van der Waals surface area (Å²) < 4.78 is 5.42. The molecule has 0 spiro atoms. The summed E-state index contributed by atoms with van der Waals surface area (Å²) in [5.74, 6) is 0. The Morgan fingerprint density at radius 3 is 2.37 bits per heavy atom. The molecule has 0 aromatic heterocycles. The van der Waals surface area contributed by atoms with Crippen molar-refractivity contribution in [1.29, 1.82) is 0 Å². The third-order valence-electron chi connectivity index (χ3n) is 5.16. The maximum atomic E-state index is 5.42. The first-order valence-electron chi connectivity index (χ1n) is 8.16. The van der Waals surface area contributed by atoms with Gasteiger partial charge in [-0.15, -0.1) is 0 Å². The number of fused-ring (bicyclic) bond motifs is 2. The highest BCUT2D eigenvalue weighted by Gasteiger charge is 2.40. The lowest BCUT2D eigenvalue weighted by molar-refractivity contribution is 0.0258. The Hall–Kier alpha value is -0.160. The van der Waals surface area contributed by atoms with Gasteiger partial charge in [-0.2, -0.15) is 0 Å². The van der Waals surface area contributed by atoms with Crippen molar-refractivity contribution in [3.8, 4) is 0 Å². The van der Waals surface area contributed by atoms with Gasteiger partial charge in [0.15, 0.2) is 0 Å². The summed E-state index contributed by atoms with van der Waals surface area (Å²) in [5, 5.41) is 3.66. The van der Waals surface area contributed by atoms with E-state index in [4.69, 9.17) is 4.74 Å². The molecule has 3 aliphatic heterocycles. The lowest BCUT2D eigenvalue weighted by Gasteiger charge is -2.40. The second-order valence-electron chi connectivity index (χ2n) is 6.30. The minimum atomic E-state index is 0.780. The van der Waals surface area contributed by atoms with Crippen molar-refractivity contribution in [2.75, 3.05) is 45.9 Å². The predicted molar refractivity (Wildman–Crippen MR) is 77.5 cm³/mol. The van der Waals surface area contributed by atoms with Crippen LogP contribution in [-0.4, -0.2) is 73.9 Å². The molecule has 0 amide bonds. The number of hydrogen-bond donors (Lipinski definition) is 1. The SMILES string of the molecule is CCNC1CC2CCC(C1)N2CCN1CCOCC1. The molecule has 3 aliphatic rings. The predicted octanol–water partition coefficient (Wildman–Crippen LogP) is 0.924. The maximum absolute atomic E-state index is 5.42. The van der Waals surface area contributed by atoms with Crippen LogP contribution in [0.3, 0.4) is 0 Å². The molecule has 110 valence electrons. The van der Waals surface area contributed by atoms with Gasteiger partial charge in [-0.25, -0.2) is 0 Å². The molecule has 19 heavy (non-hydrogen) atoms. The molecule has 0 aromatic rings. The molecule has 1 N–H and O–H groups in total. The first kappa shape index (κ1) is 13.8. The van der Waals surface area contributed by atoms with Crippen LogP contribution in [0, 0.1) is 0 Å². The molecule has 0 aliphatic carbocycles. The average molecular weight is 267 g/mol. The van der Waals surface area contributed by atoms with Crippen LogP contribution in [0.2, 0.25) is 0 Å². The van der Waals surface area contributed by atoms with Gasteiger partial charge in [0, 0.05) is 44.3 Å². The third kappa shape index (κ3) is 3.30. The summed E-state index contributed by atoms with van der Waals surface area (Å²) in [7, 11) is 0. The second kappa shape index (κ2) is 6.53. The van der Waals surface area contributed by atoms with Crippen molar-refractivity contribution in [2.24, 2.45) is 0 Å². The van der Waals surface area contributed by atoms with Crippen LogP contribution < -0.4 is 5.32 Å². The van der Waals surface area contributed by atoms with Gasteiger partial charge in [-0.1, -0.05) is 6.92 Å². The monoisotopic (exact) mass is 267 g/mol. The Bertz CT molecular complexity index is 267. The Labute approximate surface area is 117 Å². The molecule has 3 heterocycles. The molecule has 3 saturated heterocycles. The summed E-state index contributed by atoms with van der Waals surface area (Å²) >= 11 is 0. The Balaban J connectivity index is 1.47. The first-order valence-corrected chi connectivity index (χ1v) is 8.16. The van der Waals surface area contributed by atoms with Crippen LogP contribution in [0.25, 0.3) is 0 Å². The van der Waals surface area contributed by atoms with Gasteiger partial charge in [0.2, 0.25) is 0 Å². The molecule has 2 atom stereocenters. The molecule has 0 radical (unpaired) electrons. The number of ether oxygens (including phenoxy) is 1.